The van der Waals surface area contributed by atoms with E-state index in [1.807, 2.05) is 34.1 Å². The molecule has 0 saturated carbocycles. The zero-order valence-electron chi connectivity index (χ0n) is 10.4. The van der Waals surface area contributed by atoms with Crippen molar-refractivity contribution in [1.82, 2.24) is 4.90 Å². The summed E-state index contributed by atoms with van der Waals surface area (Å²) in [6.07, 6.45) is 2.38. The summed E-state index contributed by atoms with van der Waals surface area (Å²) < 4.78 is 0. The number of benzene rings is 1. The quantitative estimate of drug-likeness (QED) is 0.762. The molecule has 2 aliphatic heterocycles. The van der Waals surface area contributed by atoms with Gasteiger partial charge in [0.2, 0.25) is 0 Å². The first-order valence-electron chi connectivity index (χ1n) is 6.61. The van der Waals surface area contributed by atoms with Gasteiger partial charge in [0.05, 0.1) is 11.8 Å². The van der Waals surface area contributed by atoms with Crippen LogP contribution in [-0.4, -0.2) is 35.7 Å². The lowest BCUT2D eigenvalue weighted by atomic mass is 9.99. The molecule has 3 rings (SSSR count). The number of nitrogens with zero attached hydrogens (tertiary/aromatic N) is 2. The van der Waals surface area contributed by atoms with Gasteiger partial charge in [-0.05, 0) is 25.3 Å². The molecule has 1 saturated heterocycles. The molecule has 4 nitrogen and oxygen atoms in total. The highest BCUT2D eigenvalue weighted by Crippen LogP contribution is 2.34. The maximum absolute atomic E-state index is 12.4. The van der Waals surface area contributed by atoms with Crippen LogP contribution in [-0.2, 0) is 0 Å². The van der Waals surface area contributed by atoms with Gasteiger partial charge in [-0.3, -0.25) is 4.90 Å². The monoisotopic (exact) mass is 246 g/mol. The number of aliphatic hydroxyl groups is 1. The molecular formula is C14H18N2O2. The number of amides is 2. The van der Waals surface area contributed by atoms with Crippen LogP contribution in [0, 0.1) is 0 Å². The maximum Gasteiger partial charge on any atom is 0.324 e. The third-order valence-electron chi connectivity index (χ3n) is 3.82. The molecule has 1 N–H and O–H groups in total. The molecule has 0 aromatic heterocycles. The number of likely N-dealkylation sites (tertiary alicyclic amines) is 1. The largest absolute Gasteiger partial charge is 0.388 e. The van der Waals surface area contributed by atoms with E-state index >= 15 is 0 Å². The van der Waals surface area contributed by atoms with Crippen LogP contribution in [0.15, 0.2) is 24.3 Å². The molecule has 0 spiro atoms. The van der Waals surface area contributed by atoms with Gasteiger partial charge < -0.3 is 10.0 Å². The van der Waals surface area contributed by atoms with E-state index in [2.05, 4.69) is 0 Å². The summed E-state index contributed by atoms with van der Waals surface area (Å²) in [7, 11) is 0. The highest BCUT2D eigenvalue weighted by Gasteiger charge is 2.30. The van der Waals surface area contributed by atoms with E-state index in [0.717, 1.165) is 37.2 Å². The molecule has 1 fully saturated rings. The van der Waals surface area contributed by atoms with Crippen LogP contribution >= 0.6 is 0 Å². The Balaban J connectivity index is 1.89. The second-order valence-electron chi connectivity index (χ2n) is 4.99. The van der Waals surface area contributed by atoms with Crippen LogP contribution in [0.25, 0.3) is 0 Å². The van der Waals surface area contributed by atoms with Crippen molar-refractivity contribution in [3.8, 4) is 0 Å². The van der Waals surface area contributed by atoms with E-state index < -0.39 is 6.10 Å². The number of carbonyl (C=O) groups is 1. The van der Waals surface area contributed by atoms with Crippen molar-refractivity contribution in [3.05, 3.63) is 29.8 Å². The van der Waals surface area contributed by atoms with Gasteiger partial charge in [-0.25, -0.2) is 4.79 Å². The molecule has 1 aromatic rings. The fraction of sp³-hybridized carbons (Fsp3) is 0.500. The average Bonchev–Trinajstić information content (AvgIpc) is 2.93. The normalized spacial score (nSPS) is 23.1. The van der Waals surface area contributed by atoms with Gasteiger partial charge in [0.1, 0.15) is 0 Å². The van der Waals surface area contributed by atoms with Crippen molar-refractivity contribution >= 4 is 11.7 Å². The first-order valence-corrected chi connectivity index (χ1v) is 6.61. The van der Waals surface area contributed by atoms with E-state index in [9.17, 15) is 9.90 Å². The molecule has 96 valence electrons. The lowest BCUT2D eigenvalue weighted by Gasteiger charge is -2.34. The van der Waals surface area contributed by atoms with Gasteiger partial charge in [-0.15, -0.1) is 0 Å². The number of para-hydroxylation sites is 1. The molecule has 1 atom stereocenters. The van der Waals surface area contributed by atoms with Crippen molar-refractivity contribution in [2.75, 3.05) is 24.5 Å². The summed E-state index contributed by atoms with van der Waals surface area (Å²) in [5.41, 5.74) is 1.74. The molecule has 18 heavy (non-hydrogen) atoms. The van der Waals surface area contributed by atoms with E-state index in [0.29, 0.717) is 13.0 Å². The first kappa shape index (κ1) is 11.5. The SMILES string of the molecule is O=C(N1CCCC1)N1CCC(O)c2ccccc21. The van der Waals surface area contributed by atoms with E-state index in [4.69, 9.17) is 0 Å². The first-order chi connectivity index (χ1) is 8.77. The Hall–Kier alpha value is -1.55. The van der Waals surface area contributed by atoms with Gasteiger partial charge in [-0.1, -0.05) is 18.2 Å². The van der Waals surface area contributed by atoms with Crippen LogP contribution < -0.4 is 4.90 Å². The molecule has 1 aromatic carbocycles. The topological polar surface area (TPSA) is 43.8 Å². The molecule has 2 heterocycles. The van der Waals surface area contributed by atoms with Crippen molar-refractivity contribution in [3.63, 3.8) is 0 Å². The molecule has 2 aliphatic rings. The third kappa shape index (κ3) is 1.86. The number of anilines is 1. The van der Waals surface area contributed by atoms with Gasteiger partial charge in [0.15, 0.2) is 0 Å². The summed E-state index contributed by atoms with van der Waals surface area (Å²) in [4.78, 5) is 16.2. The maximum atomic E-state index is 12.4. The summed E-state index contributed by atoms with van der Waals surface area (Å²) in [5.74, 6) is 0. The molecule has 0 bridgehead atoms. The predicted molar refractivity (Wildman–Crippen MR) is 69.6 cm³/mol. The van der Waals surface area contributed by atoms with Crippen LogP contribution in [0.1, 0.15) is 30.9 Å². The fourth-order valence-electron chi connectivity index (χ4n) is 2.82. The zero-order valence-corrected chi connectivity index (χ0v) is 10.4. The Morgan fingerprint density at radius 3 is 2.67 bits per heavy atom. The van der Waals surface area contributed by atoms with Crippen molar-refractivity contribution in [2.24, 2.45) is 0 Å². The van der Waals surface area contributed by atoms with E-state index in [1.165, 1.54) is 0 Å². The van der Waals surface area contributed by atoms with Crippen LogP contribution in [0.2, 0.25) is 0 Å². The minimum Gasteiger partial charge on any atom is -0.388 e. The van der Waals surface area contributed by atoms with Crippen LogP contribution in [0.3, 0.4) is 0 Å². The standard InChI is InChI=1S/C14H18N2O2/c17-13-7-10-16(12-6-2-1-5-11(12)13)14(18)15-8-3-4-9-15/h1-2,5-6,13,17H,3-4,7-10H2. The molecular weight excluding hydrogens is 228 g/mol. The van der Waals surface area contributed by atoms with Crippen molar-refractivity contribution < 1.29 is 9.90 Å². The summed E-state index contributed by atoms with van der Waals surface area (Å²) in [6.45, 7) is 2.33. The molecule has 1 unspecified atom stereocenters. The number of hydrogen-bond acceptors (Lipinski definition) is 2. The highest BCUT2D eigenvalue weighted by atomic mass is 16.3. The lowest BCUT2D eigenvalue weighted by Crippen LogP contribution is -2.44. The Labute approximate surface area is 107 Å². The zero-order chi connectivity index (χ0) is 12.5. The summed E-state index contributed by atoms with van der Waals surface area (Å²) >= 11 is 0. The number of fused-ring (bicyclic) bond motifs is 1. The molecule has 2 amide bonds. The third-order valence-corrected chi connectivity index (χ3v) is 3.82. The number of aliphatic hydroxyl groups excluding tert-OH is 1. The minimum absolute atomic E-state index is 0.0897. The highest BCUT2D eigenvalue weighted by molar-refractivity contribution is 5.93. The Morgan fingerprint density at radius 2 is 1.89 bits per heavy atom. The van der Waals surface area contributed by atoms with Crippen molar-refractivity contribution in [2.45, 2.75) is 25.4 Å². The molecule has 0 aliphatic carbocycles. The number of hydrogen-bond donors (Lipinski definition) is 1. The van der Waals surface area contributed by atoms with Crippen molar-refractivity contribution in [1.29, 1.82) is 0 Å². The van der Waals surface area contributed by atoms with E-state index in [1.54, 1.807) is 0 Å². The van der Waals surface area contributed by atoms with E-state index in [-0.39, 0.29) is 6.03 Å². The number of rotatable bonds is 0. The molecule has 0 radical (unpaired) electrons. The average molecular weight is 246 g/mol. The number of urea groups is 1. The Morgan fingerprint density at radius 1 is 1.17 bits per heavy atom. The second-order valence-corrected chi connectivity index (χ2v) is 4.99. The minimum atomic E-state index is -0.441. The predicted octanol–water partition coefficient (Wildman–Crippen LogP) is 2.15. The Kier molecular flexibility index (Phi) is 2.96. The number of carbonyl (C=O) groups excluding carboxylic acids is 1. The van der Waals surface area contributed by atoms with Gasteiger partial charge in [0, 0.05) is 25.2 Å². The summed E-state index contributed by atoms with van der Waals surface area (Å²) in [5, 5.41) is 9.97. The van der Waals surface area contributed by atoms with Gasteiger partial charge in [-0.2, -0.15) is 0 Å². The summed E-state index contributed by atoms with van der Waals surface area (Å²) in [6, 6.07) is 7.74. The van der Waals surface area contributed by atoms with Gasteiger partial charge in [0.25, 0.3) is 0 Å². The smallest absolute Gasteiger partial charge is 0.324 e. The second kappa shape index (κ2) is 4.61. The van der Waals surface area contributed by atoms with Crippen LogP contribution in [0.5, 0.6) is 0 Å². The molecule has 4 heteroatoms. The lowest BCUT2D eigenvalue weighted by molar-refractivity contribution is 0.162. The van der Waals surface area contributed by atoms with Gasteiger partial charge >= 0.3 is 6.03 Å². The van der Waals surface area contributed by atoms with Crippen LogP contribution in [0.4, 0.5) is 10.5 Å². The fourth-order valence-corrected chi connectivity index (χ4v) is 2.82. The Bertz CT molecular complexity index is 455.